The van der Waals surface area contributed by atoms with Crippen molar-refractivity contribution >= 4 is 0 Å². The lowest BCUT2D eigenvalue weighted by atomic mass is 10.0. The molecule has 2 N–H and O–H groups in total. The summed E-state index contributed by atoms with van der Waals surface area (Å²) in [5.74, 6) is 1.47. The van der Waals surface area contributed by atoms with Crippen LogP contribution >= 0.6 is 0 Å². The normalized spacial score (nSPS) is 21.6. The van der Waals surface area contributed by atoms with Gasteiger partial charge in [0.05, 0.1) is 0 Å². The Hall–Kier alpha value is -1.00. The molecule has 0 spiro atoms. The summed E-state index contributed by atoms with van der Waals surface area (Å²) in [5, 5.41) is 0. The van der Waals surface area contributed by atoms with E-state index in [-0.39, 0.29) is 0 Å². The Kier molecular flexibility index (Phi) is 3.51. The Morgan fingerprint density at radius 3 is 2.94 bits per heavy atom. The molecule has 4 heteroatoms. The number of likely N-dealkylation sites (N-methyl/N-ethyl adjacent to an activating group) is 1. The number of likely N-dealkylation sites (tertiary alicyclic amines) is 1. The molecule has 4 nitrogen and oxygen atoms in total. The number of aromatic nitrogens is 2. The monoisotopic (exact) mass is 220 g/mol. The summed E-state index contributed by atoms with van der Waals surface area (Å²) in [6.45, 7) is 4.93. The fourth-order valence-corrected chi connectivity index (χ4v) is 2.28. The van der Waals surface area contributed by atoms with Crippen molar-refractivity contribution in [3.8, 4) is 0 Å². The van der Waals surface area contributed by atoms with Gasteiger partial charge < -0.3 is 10.6 Å². The Morgan fingerprint density at radius 2 is 2.31 bits per heavy atom. The van der Waals surface area contributed by atoms with Gasteiger partial charge in [0.25, 0.3) is 0 Å². The van der Waals surface area contributed by atoms with Crippen LogP contribution in [0.15, 0.2) is 6.07 Å². The number of hydrogen-bond donors (Lipinski definition) is 1. The minimum Gasteiger partial charge on any atom is -0.330 e. The first-order valence-corrected chi connectivity index (χ1v) is 5.92. The Morgan fingerprint density at radius 1 is 1.50 bits per heavy atom. The van der Waals surface area contributed by atoms with Gasteiger partial charge >= 0.3 is 0 Å². The minimum atomic E-state index is 0.572. The zero-order valence-corrected chi connectivity index (χ0v) is 10.1. The van der Waals surface area contributed by atoms with E-state index in [1.807, 2.05) is 6.92 Å². The topological polar surface area (TPSA) is 55.0 Å². The van der Waals surface area contributed by atoms with Crippen molar-refractivity contribution in [2.24, 2.45) is 5.73 Å². The van der Waals surface area contributed by atoms with Crippen LogP contribution in [0.2, 0.25) is 0 Å². The second kappa shape index (κ2) is 4.89. The third-order valence-electron chi connectivity index (χ3n) is 3.10. The summed E-state index contributed by atoms with van der Waals surface area (Å²) in [6.07, 6.45) is 1.98. The van der Waals surface area contributed by atoms with Gasteiger partial charge in [-0.15, -0.1) is 0 Å². The van der Waals surface area contributed by atoms with E-state index >= 15 is 0 Å². The van der Waals surface area contributed by atoms with Crippen molar-refractivity contribution < 1.29 is 0 Å². The van der Waals surface area contributed by atoms with Crippen LogP contribution in [0, 0.1) is 6.92 Å². The lowest BCUT2D eigenvalue weighted by Crippen LogP contribution is -2.15. The van der Waals surface area contributed by atoms with Gasteiger partial charge in [-0.25, -0.2) is 9.97 Å². The largest absolute Gasteiger partial charge is 0.330 e. The van der Waals surface area contributed by atoms with Crippen molar-refractivity contribution in [3.05, 3.63) is 23.3 Å². The SMILES string of the molecule is Cc1cc(C2CCN(C)C2)nc(CCN)n1. The van der Waals surface area contributed by atoms with Gasteiger partial charge in [-0.2, -0.15) is 0 Å². The predicted molar refractivity (Wildman–Crippen MR) is 64.4 cm³/mol. The van der Waals surface area contributed by atoms with Crippen molar-refractivity contribution in [1.82, 2.24) is 14.9 Å². The van der Waals surface area contributed by atoms with Crippen molar-refractivity contribution in [1.29, 1.82) is 0 Å². The second-order valence-corrected chi connectivity index (χ2v) is 4.64. The summed E-state index contributed by atoms with van der Waals surface area (Å²) in [7, 11) is 2.16. The van der Waals surface area contributed by atoms with Gasteiger partial charge in [0.2, 0.25) is 0 Å². The maximum absolute atomic E-state index is 5.55. The summed E-state index contributed by atoms with van der Waals surface area (Å²) in [4.78, 5) is 11.4. The molecule has 1 aromatic rings. The molecule has 0 radical (unpaired) electrons. The number of nitrogens with zero attached hydrogens (tertiary/aromatic N) is 3. The second-order valence-electron chi connectivity index (χ2n) is 4.64. The first kappa shape index (κ1) is 11.5. The summed E-state index contributed by atoms with van der Waals surface area (Å²) in [6, 6.07) is 2.11. The molecule has 0 aromatic carbocycles. The van der Waals surface area contributed by atoms with Gasteiger partial charge in [0.1, 0.15) is 5.82 Å². The molecule has 2 heterocycles. The molecule has 1 unspecified atom stereocenters. The smallest absolute Gasteiger partial charge is 0.130 e. The van der Waals surface area contributed by atoms with Gasteiger partial charge in [-0.3, -0.25) is 0 Å². The zero-order chi connectivity index (χ0) is 11.5. The lowest BCUT2D eigenvalue weighted by molar-refractivity contribution is 0.410. The number of hydrogen-bond acceptors (Lipinski definition) is 4. The van der Waals surface area contributed by atoms with E-state index in [1.165, 1.54) is 18.7 Å². The predicted octanol–water partition coefficient (Wildman–Crippen LogP) is 0.705. The number of rotatable bonds is 3. The first-order valence-electron chi connectivity index (χ1n) is 5.92. The third kappa shape index (κ3) is 2.57. The maximum atomic E-state index is 5.55. The molecule has 0 amide bonds. The van der Waals surface area contributed by atoms with Crippen LogP contribution in [0.3, 0.4) is 0 Å². The molecule has 1 fully saturated rings. The Bertz CT molecular complexity index is 364. The molecule has 2 rings (SSSR count). The molecular formula is C12H20N4. The van der Waals surface area contributed by atoms with Crippen molar-refractivity contribution in [2.75, 3.05) is 26.7 Å². The van der Waals surface area contributed by atoms with E-state index in [0.717, 1.165) is 24.5 Å². The van der Waals surface area contributed by atoms with Crippen molar-refractivity contribution in [2.45, 2.75) is 25.7 Å². The number of nitrogens with two attached hydrogens (primary N) is 1. The molecule has 0 saturated carbocycles. The summed E-state index contributed by atoms with van der Waals surface area (Å²) in [5.41, 5.74) is 7.80. The van der Waals surface area contributed by atoms with Gasteiger partial charge in [-0.05, 0) is 39.5 Å². The van der Waals surface area contributed by atoms with E-state index < -0.39 is 0 Å². The molecule has 1 aliphatic rings. The van der Waals surface area contributed by atoms with Crippen LogP contribution in [0.4, 0.5) is 0 Å². The van der Waals surface area contributed by atoms with Gasteiger partial charge in [-0.1, -0.05) is 0 Å². The van der Waals surface area contributed by atoms with E-state index in [4.69, 9.17) is 5.73 Å². The molecule has 1 saturated heterocycles. The highest BCUT2D eigenvalue weighted by Gasteiger charge is 2.22. The van der Waals surface area contributed by atoms with E-state index in [1.54, 1.807) is 0 Å². The van der Waals surface area contributed by atoms with Gasteiger partial charge in [0, 0.05) is 30.3 Å². The molecule has 1 atom stereocenters. The minimum absolute atomic E-state index is 0.572. The summed E-state index contributed by atoms with van der Waals surface area (Å²) >= 11 is 0. The lowest BCUT2D eigenvalue weighted by Gasteiger charge is -2.11. The molecule has 0 aliphatic carbocycles. The molecular weight excluding hydrogens is 200 g/mol. The average molecular weight is 220 g/mol. The van der Waals surface area contributed by atoms with E-state index in [2.05, 4.69) is 28.0 Å². The van der Waals surface area contributed by atoms with Crippen molar-refractivity contribution in [3.63, 3.8) is 0 Å². The Labute approximate surface area is 96.9 Å². The maximum Gasteiger partial charge on any atom is 0.130 e. The Balaban J connectivity index is 2.20. The molecule has 88 valence electrons. The van der Waals surface area contributed by atoms with E-state index in [0.29, 0.717) is 12.5 Å². The highest BCUT2D eigenvalue weighted by Crippen LogP contribution is 2.24. The fraction of sp³-hybridized carbons (Fsp3) is 0.667. The van der Waals surface area contributed by atoms with Gasteiger partial charge in [0.15, 0.2) is 0 Å². The highest BCUT2D eigenvalue weighted by atomic mass is 15.1. The first-order chi connectivity index (χ1) is 7.69. The highest BCUT2D eigenvalue weighted by molar-refractivity contribution is 5.16. The third-order valence-corrected chi connectivity index (χ3v) is 3.10. The number of aryl methyl sites for hydroxylation is 1. The molecule has 16 heavy (non-hydrogen) atoms. The standard InChI is InChI=1S/C12H20N4/c1-9-7-11(10-4-6-16(2)8-10)15-12(14-9)3-5-13/h7,10H,3-6,8,13H2,1-2H3. The van der Waals surface area contributed by atoms with Crippen LogP contribution in [0.1, 0.15) is 29.6 Å². The molecule has 0 bridgehead atoms. The fourth-order valence-electron chi connectivity index (χ4n) is 2.28. The van der Waals surface area contributed by atoms with Crippen LogP contribution < -0.4 is 5.73 Å². The molecule has 1 aliphatic heterocycles. The van der Waals surface area contributed by atoms with Crippen LogP contribution in [0.25, 0.3) is 0 Å². The van der Waals surface area contributed by atoms with Crippen LogP contribution in [0.5, 0.6) is 0 Å². The summed E-state index contributed by atoms with van der Waals surface area (Å²) < 4.78 is 0. The zero-order valence-electron chi connectivity index (χ0n) is 10.1. The molecule has 1 aromatic heterocycles. The van der Waals surface area contributed by atoms with Crippen LogP contribution in [-0.2, 0) is 6.42 Å². The van der Waals surface area contributed by atoms with E-state index in [9.17, 15) is 0 Å². The quantitative estimate of drug-likeness (QED) is 0.815. The average Bonchev–Trinajstić information content (AvgIpc) is 2.64. The van der Waals surface area contributed by atoms with Crippen LogP contribution in [-0.4, -0.2) is 41.5 Å².